The molecule has 0 saturated carbocycles. The van der Waals surface area contributed by atoms with E-state index >= 15 is 0 Å². The number of hydrogen-bond donors (Lipinski definition) is 0. The summed E-state index contributed by atoms with van der Waals surface area (Å²) in [5.41, 5.74) is 2.26. The molecule has 19 heavy (non-hydrogen) atoms. The van der Waals surface area contributed by atoms with Crippen molar-refractivity contribution in [3.8, 4) is 11.5 Å². The molecule has 0 saturated heterocycles. The fourth-order valence-corrected chi connectivity index (χ4v) is 1.83. The number of nitro benzene ring substituents is 1. The first-order chi connectivity index (χ1) is 9.15. The number of fused-ring (bicyclic) bond motifs is 1. The predicted octanol–water partition coefficient (Wildman–Crippen LogP) is 3.11. The third-order valence-corrected chi connectivity index (χ3v) is 2.82. The van der Waals surface area contributed by atoms with Crippen molar-refractivity contribution < 1.29 is 9.34 Å². The number of aromatic nitrogens is 2. The number of oxazole rings is 1. The Bertz CT molecular complexity index is 747. The summed E-state index contributed by atoms with van der Waals surface area (Å²) in [6.07, 6.45) is 1.61. The Morgan fingerprint density at radius 2 is 2.16 bits per heavy atom. The van der Waals surface area contributed by atoms with Crippen LogP contribution in [0.1, 0.15) is 5.56 Å². The van der Waals surface area contributed by atoms with Gasteiger partial charge in [0.05, 0.1) is 4.92 Å². The van der Waals surface area contributed by atoms with Crippen molar-refractivity contribution in [3.05, 3.63) is 52.2 Å². The summed E-state index contributed by atoms with van der Waals surface area (Å²) in [5.74, 6) is 0.330. The highest BCUT2D eigenvalue weighted by atomic mass is 16.6. The normalized spacial score (nSPS) is 10.8. The molecule has 0 N–H and O–H groups in total. The molecule has 3 rings (SSSR count). The van der Waals surface area contributed by atoms with Crippen LogP contribution < -0.4 is 0 Å². The average molecular weight is 255 g/mol. The van der Waals surface area contributed by atoms with E-state index < -0.39 is 4.92 Å². The second-order valence-corrected chi connectivity index (χ2v) is 4.11. The van der Waals surface area contributed by atoms with Crippen LogP contribution in [0.5, 0.6) is 0 Å². The van der Waals surface area contributed by atoms with Crippen molar-refractivity contribution in [1.29, 1.82) is 0 Å². The Labute approximate surface area is 107 Å². The van der Waals surface area contributed by atoms with Gasteiger partial charge in [0.2, 0.25) is 11.6 Å². The summed E-state index contributed by atoms with van der Waals surface area (Å²) >= 11 is 0. The summed E-state index contributed by atoms with van der Waals surface area (Å²) in [6, 6.07) is 8.41. The SMILES string of the molecule is Cc1ccc(-c2nc3cccnc3o2)cc1[N+](=O)[O-]. The van der Waals surface area contributed by atoms with Crippen LogP contribution in [0.2, 0.25) is 0 Å². The number of aryl methyl sites for hydroxylation is 1. The molecule has 3 aromatic rings. The molecule has 0 aliphatic heterocycles. The number of nitro groups is 1. The minimum atomic E-state index is -0.417. The molecular formula is C13H9N3O3. The van der Waals surface area contributed by atoms with Crippen LogP contribution in [0.3, 0.4) is 0 Å². The van der Waals surface area contributed by atoms with Gasteiger partial charge >= 0.3 is 0 Å². The van der Waals surface area contributed by atoms with Crippen LogP contribution in [-0.2, 0) is 0 Å². The monoisotopic (exact) mass is 255 g/mol. The molecule has 0 amide bonds. The fourth-order valence-electron chi connectivity index (χ4n) is 1.83. The molecule has 0 radical (unpaired) electrons. The summed E-state index contributed by atoms with van der Waals surface area (Å²) in [5, 5.41) is 10.9. The molecule has 6 nitrogen and oxygen atoms in total. The molecule has 0 aliphatic rings. The summed E-state index contributed by atoms with van der Waals surface area (Å²) in [6.45, 7) is 1.69. The van der Waals surface area contributed by atoms with Gasteiger partial charge in [-0.2, -0.15) is 0 Å². The van der Waals surface area contributed by atoms with E-state index in [4.69, 9.17) is 4.42 Å². The van der Waals surface area contributed by atoms with Gasteiger partial charge in [-0.3, -0.25) is 10.1 Å². The van der Waals surface area contributed by atoms with Crippen LogP contribution in [0.15, 0.2) is 40.9 Å². The molecule has 94 valence electrons. The number of benzene rings is 1. The van der Waals surface area contributed by atoms with Gasteiger partial charge < -0.3 is 4.42 Å². The second kappa shape index (κ2) is 4.16. The van der Waals surface area contributed by atoms with E-state index in [1.165, 1.54) is 6.07 Å². The number of rotatable bonds is 2. The lowest BCUT2D eigenvalue weighted by molar-refractivity contribution is -0.385. The zero-order valence-electron chi connectivity index (χ0n) is 10.0. The number of nitrogens with zero attached hydrogens (tertiary/aromatic N) is 3. The van der Waals surface area contributed by atoms with Crippen molar-refractivity contribution >= 4 is 16.9 Å². The molecule has 2 aromatic heterocycles. The molecule has 0 atom stereocenters. The minimum absolute atomic E-state index is 0.0488. The van der Waals surface area contributed by atoms with Crippen LogP contribution in [0, 0.1) is 17.0 Å². The minimum Gasteiger partial charge on any atom is -0.418 e. The van der Waals surface area contributed by atoms with Crippen molar-refractivity contribution in [2.75, 3.05) is 0 Å². The zero-order chi connectivity index (χ0) is 13.4. The third kappa shape index (κ3) is 1.93. The standard InChI is InChI=1S/C13H9N3O3/c1-8-4-5-9(7-11(8)16(17)18)12-15-10-3-2-6-14-13(10)19-12/h2-7H,1H3. The Kier molecular flexibility index (Phi) is 2.49. The Morgan fingerprint density at radius 1 is 1.32 bits per heavy atom. The van der Waals surface area contributed by atoms with E-state index in [2.05, 4.69) is 9.97 Å². The number of hydrogen-bond acceptors (Lipinski definition) is 5. The molecule has 2 heterocycles. The Balaban J connectivity index is 2.16. The van der Waals surface area contributed by atoms with E-state index in [1.807, 2.05) is 0 Å². The molecule has 1 aromatic carbocycles. The van der Waals surface area contributed by atoms with Gasteiger partial charge in [0.15, 0.2) is 0 Å². The molecule has 0 unspecified atom stereocenters. The first-order valence-corrected chi connectivity index (χ1v) is 5.62. The fraction of sp³-hybridized carbons (Fsp3) is 0.0769. The zero-order valence-corrected chi connectivity index (χ0v) is 10.0. The van der Waals surface area contributed by atoms with Crippen LogP contribution >= 0.6 is 0 Å². The molecular weight excluding hydrogens is 246 g/mol. The van der Waals surface area contributed by atoms with Gasteiger partial charge in [-0.1, -0.05) is 6.07 Å². The largest absolute Gasteiger partial charge is 0.418 e. The van der Waals surface area contributed by atoms with E-state index in [0.717, 1.165) is 0 Å². The maximum atomic E-state index is 10.9. The van der Waals surface area contributed by atoms with E-state index in [0.29, 0.717) is 28.2 Å². The average Bonchev–Trinajstić information content (AvgIpc) is 2.82. The molecule has 0 aliphatic carbocycles. The highest BCUT2D eigenvalue weighted by Crippen LogP contribution is 2.28. The van der Waals surface area contributed by atoms with Gasteiger partial charge in [-0.15, -0.1) is 0 Å². The van der Waals surface area contributed by atoms with E-state index in [1.54, 1.807) is 37.4 Å². The smallest absolute Gasteiger partial charge is 0.273 e. The summed E-state index contributed by atoms with van der Waals surface area (Å²) in [7, 11) is 0. The highest BCUT2D eigenvalue weighted by molar-refractivity contribution is 5.73. The topological polar surface area (TPSA) is 82.1 Å². The van der Waals surface area contributed by atoms with E-state index in [9.17, 15) is 10.1 Å². The Morgan fingerprint density at radius 3 is 2.89 bits per heavy atom. The predicted molar refractivity (Wildman–Crippen MR) is 68.6 cm³/mol. The third-order valence-electron chi connectivity index (χ3n) is 2.82. The van der Waals surface area contributed by atoms with Crippen molar-refractivity contribution in [1.82, 2.24) is 9.97 Å². The lowest BCUT2D eigenvalue weighted by Crippen LogP contribution is -1.92. The molecule has 0 fully saturated rings. The van der Waals surface area contributed by atoms with Gasteiger partial charge in [-0.25, -0.2) is 9.97 Å². The number of pyridine rings is 1. The van der Waals surface area contributed by atoms with Crippen LogP contribution in [0.4, 0.5) is 5.69 Å². The van der Waals surface area contributed by atoms with E-state index in [-0.39, 0.29) is 5.69 Å². The first kappa shape index (κ1) is 11.3. The van der Waals surface area contributed by atoms with Crippen LogP contribution in [-0.4, -0.2) is 14.9 Å². The molecule has 0 spiro atoms. The maximum Gasteiger partial charge on any atom is 0.273 e. The van der Waals surface area contributed by atoms with Crippen LogP contribution in [0.25, 0.3) is 22.7 Å². The van der Waals surface area contributed by atoms with Crippen molar-refractivity contribution in [2.24, 2.45) is 0 Å². The summed E-state index contributed by atoms with van der Waals surface area (Å²) in [4.78, 5) is 18.8. The van der Waals surface area contributed by atoms with Crippen molar-refractivity contribution in [2.45, 2.75) is 6.92 Å². The van der Waals surface area contributed by atoms with Gasteiger partial charge in [0, 0.05) is 23.4 Å². The Hall–Kier alpha value is -2.76. The highest BCUT2D eigenvalue weighted by Gasteiger charge is 2.15. The molecule has 6 heteroatoms. The quantitative estimate of drug-likeness (QED) is 0.519. The summed E-state index contributed by atoms with van der Waals surface area (Å²) < 4.78 is 5.48. The lowest BCUT2D eigenvalue weighted by Gasteiger charge is -1.99. The van der Waals surface area contributed by atoms with Gasteiger partial charge in [0.1, 0.15) is 5.52 Å². The molecule has 0 bridgehead atoms. The first-order valence-electron chi connectivity index (χ1n) is 5.62. The van der Waals surface area contributed by atoms with Gasteiger partial charge in [-0.05, 0) is 25.1 Å². The lowest BCUT2D eigenvalue weighted by atomic mass is 10.1. The van der Waals surface area contributed by atoms with Gasteiger partial charge in [0.25, 0.3) is 5.69 Å². The second-order valence-electron chi connectivity index (χ2n) is 4.11. The maximum absolute atomic E-state index is 10.9. The van der Waals surface area contributed by atoms with Crippen molar-refractivity contribution in [3.63, 3.8) is 0 Å².